The molecule has 37 heavy (non-hydrogen) atoms. The molecule has 4 N–H and O–H groups in total. The predicted octanol–water partition coefficient (Wildman–Crippen LogP) is 3.69. The van der Waals surface area contributed by atoms with Crippen molar-refractivity contribution in [1.29, 1.82) is 0 Å². The summed E-state index contributed by atoms with van der Waals surface area (Å²) in [5.41, 5.74) is 3.94. The molecule has 2 heterocycles. The van der Waals surface area contributed by atoms with Gasteiger partial charge in [0.1, 0.15) is 43.0 Å². The Kier molecular flexibility index (Phi) is 9.07. The third-order valence-corrected chi connectivity index (χ3v) is 6.19. The zero-order valence-corrected chi connectivity index (χ0v) is 21.5. The number of nitrogens with zero attached hydrogens (tertiary/aromatic N) is 3. The van der Waals surface area contributed by atoms with Gasteiger partial charge in [-0.25, -0.2) is 15.0 Å². The minimum Gasteiger partial charge on any atom is -0.491 e. The second kappa shape index (κ2) is 12.6. The molecular weight excluding hydrogens is 518 g/mol. The average molecular weight is 544 g/mol. The Balaban J connectivity index is 1.47. The van der Waals surface area contributed by atoms with Crippen molar-refractivity contribution in [3.63, 3.8) is 0 Å². The van der Waals surface area contributed by atoms with Crippen LogP contribution in [0.15, 0.2) is 53.6 Å². The van der Waals surface area contributed by atoms with Crippen LogP contribution < -0.4 is 20.1 Å². The van der Waals surface area contributed by atoms with Crippen LogP contribution in [0.3, 0.4) is 0 Å². The highest BCUT2D eigenvalue weighted by atomic mass is 35.5. The molecule has 0 saturated heterocycles. The number of halogens is 1. The third-order valence-electron chi connectivity index (χ3n) is 5.26. The van der Waals surface area contributed by atoms with E-state index >= 15 is 0 Å². The van der Waals surface area contributed by atoms with E-state index < -0.39 is 18.1 Å². The Labute approximate surface area is 222 Å². The van der Waals surface area contributed by atoms with Crippen molar-refractivity contribution >= 4 is 51.3 Å². The van der Waals surface area contributed by atoms with E-state index in [2.05, 4.69) is 25.6 Å². The number of ether oxygens (including phenoxy) is 2. The first-order valence-electron chi connectivity index (χ1n) is 11.5. The summed E-state index contributed by atoms with van der Waals surface area (Å²) in [4.78, 5) is 24.9. The topological polar surface area (TPSA) is 139 Å². The number of benzene rings is 2. The molecule has 2 atom stereocenters. The molecule has 0 radical (unpaired) electrons. The highest BCUT2D eigenvalue weighted by Gasteiger charge is 2.18. The molecular formula is C25H26ClN5O5S. The van der Waals surface area contributed by atoms with Crippen LogP contribution in [0, 0.1) is 0 Å². The minimum absolute atomic E-state index is 0.0297. The third kappa shape index (κ3) is 7.04. The normalized spacial score (nSPS) is 12.6. The van der Waals surface area contributed by atoms with Gasteiger partial charge in [0.25, 0.3) is 0 Å². The highest BCUT2D eigenvalue weighted by molar-refractivity contribution is 7.07. The summed E-state index contributed by atoms with van der Waals surface area (Å²) in [5, 5.41) is 27.6. The Bertz CT molecular complexity index is 1340. The molecule has 0 fully saturated rings. The second-order valence-electron chi connectivity index (χ2n) is 8.16. The average Bonchev–Trinajstić information content (AvgIpc) is 3.41. The van der Waals surface area contributed by atoms with Crippen LogP contribution in [0.25, 0.3) is 10.9 Å². The van der Waals surface area contributed by atoms with Crippen molar-refractivity contribution in [2.45, 2.75) is 32.1 Å². The first-order chi connectivity index (χ1) is 17.9. The molecule has 0 spiro atoms. The molecule has 0 bridgehead atoms. The largest absolute Gasteiger partial charge is 0.491 e. The molecule has 2 unspecified atom stereocenters. The van der Waals surface area contributed by atoms with Crippen molar-refractivity contribution in [2.75, 3.05) is 18.5 Å². The first kappa shape index (κ1) is 26.6. The van der Waals surface area contributed by atoms with E-state index in [4.69, 9.17) is 26.2 Å². The van der Waals surface area contributed by atoms with Crippen LogP contribution in [-0.4, -0.2) is 56.4 Å². The lowest BCUT2D eigenvalue weighted by atomic mass is 10.2. The summed E-state index contributed by atoms with van der Waals surface area (Å²) in [6.45, 7) is 1.94. The lowest BCUT2D eigenvalue weighted by molar-refractivity contribution is -0.130. The van der Waals surface area contributed by atoms with E-state index in [9.17, 15) is 9.90 Å². The molecule has 2 aromatic carbocycles. The van der Waals surface area contributed by atoms with Gasteiger partial charge in [-0.2, -0.15) is 0 Å². The van der Waals surface area contributed by atoms with E-state index in [1.165, 1.54) is 17.7 Å². The van der Waals surface area contributed by atoms with Crippen molar-refractivity contribution in [3.05, 3.63) is 64.3 Å². The number of rotatable bonds is 12. The maximum atomic E-state index is 12.0. The number of aliphatic hydroxyl groups excluding tert-OH is 2. The van der Waals surface area contributed by atoms with Gasteiger partial charge in [-0.05, 0) is 37.3 Å². The Morgan fingerprint density at radius 3 is 2.78 bits per heavy atom. The number of hydrogen-bond donors (Lipinski definition) is 4. The fraction of sp³-hybridized carbons (Fsp3) is 0.280. The van der Waals surface area contributed by atoms with E-state index in [1.54, 1.807) is 30.6 Å². The number of nitrogens with one attached hydrogen (secondary N) is 2. The minimum atomic E-state index is -1.27. The standard InChI is InChI=1S/C25H26ClN5O5S/c1-15(30-25(34)20(33)7-8-32)10-35-22-4-2-3-19-23(22)24(28-13-27-19)31-16-5-6-21(18(26)9-16)36-11-17-12-37-14-29-17/h2-6,9,12-15,20,32-33H,7-8,10-11H2,1H3,(H,30,34)(H,27,28,31). The number of hydrogen-bond acceptors (Lipinski definition) is 10. The van der Waals surface area contributed by atoms with Crippen LogP contribution in [-0.2, 0) is 11.4 Å². The Morgan fingerprint density at radius 1 is 1.16 bits per heavy atom. The molecule has 0 aliphatic heterocycles. The first-order valence-corrected chi connectivity index (χ1v) is 12.8. The summed E-state index contributed by atoms with van der Waals surface area (Å²) in [7, 11) is 0. The van der Waals surface area contributed by atoms with Gasteiger partial charge in [0.2, 0.25) is 5.91 Å². The maximum absolute atomic E-state index is 12.0. The predicted molar refractivity (Wildman–Crippen MR) is 142 cm³/mol. The quantitative estimate of drug-likeness (QED) is 0.211. The molecule has 1 amide bonds. The molecule has 2 aromatic heterocycles. The highest BCUT2D eigenvalue weighted by Crippen LogP contribution is 2.34. The maximum Gasteiger partial charge on any atom is 0.249 e. The van der Waals surface area contributed by atoms with Gasteiger partial charge in [-0.3, -0.25) is 4.79 Å². The molecule has 0 aliphatic rings. The Hall–Kier alpha value is -3.51. The van der Waals surface area contributed by atoms with Crippen molar-refractivity contribution in [1.82, 2.24) is 20.3 Å². The number of aliphatic hydroxyl groups is 2. The number of carbonyl (C=O) groups excluding carboxylic acids is 1. The van der Waals surface area contributed by atoms with Crippen LogP contribution >= 0.6 is 22.9 Å². The smallest absolute Gasteiger partial charge is 0.249 e. The fourth-order valence-corrected chi connectivity index (χ4v) is 4.21. The number of anilines is 2. The number of thiazole rings is 1. The summed E-state index contributed by atoms with van der Waals surface area (Å²) in [6.07, 6.45) is 0.148. The van der Waals surface area contributed by atoms with Crippen molar-refractivity contribution in [3.8, 4) is 11.5 Å². The van der Waals surface area contributed by atoms with Gasteiger partial charge in [0.15, 0.2) is 0 Å². The van der Waals surface area contributed by atoms with Gasteiger partial charge in [-0.15, -0.1) is 11.3 Å². The van der Waals surface area contributed by atoms with E-state index in [0.29, 0.717) is 45.5 Å². The lowest BCUT2D eigenvalue weighted by Crippen LogP contribution is -2.42. The SMILES string of the molecule is CC(COc1cccc2ncnc(Nc3ccc(OCc4cscn4)c(Cl)c3)c12)NC(=O)C(O)CCO. The lowest BCUT2D eigenvalue weighted by Gasteiger charge is -2.18. The summed E-state index contributed by atoms with van der Waals surface area (Å²) in [5.74, 6) is 1.01. The monoisotopic (exact) mass is 543 g/mol. The molecule has 194 valence electrons. The van der Waals surface area contributed by atoms with Gasteiger partial charge < -0.3 is 30.3 Å². The molecule has 10 nitrogen and oxygen atoms in total. The number of amides is 1. The zero-order valence-electron chi connectivity index (χ0n) is 19.9. The van der Waals surface area contributed by atoms with E-state index in [1.807, 2.05) is 23.6 Å². The molecule has 4 rings (SSSR count). The summed E-state index contributed by atoms with van der Waals surface area (Å²) in [6, 6.07) is 10.4. The van der Waals surface area contributed by atoms with Gasteiger partial charge >= 0.3 is 0 Å². The molecule has 0 aliphatic carbocycles. The van der Waals surface area contributed by atoms with Gasteiger partial charge in [0, 0.05) is 24.1 Å². The van der Waals surface area contributed by atoms with Crippen molar-refractivity contribution < 1.29 is 24.5 Å². The van der Waals surface area contributed by atoms with Crippen LogP contribution in [0.4, 0.5) is 11.5 Å². The fourth-order valence-electron chi connectivity index (χ4n) is 3.44. The van der Waals surface area contributed by atoms with Crippen LogP contribution in [0.2, 0.25) is 5.02 Å². The van der Waals surface area contributed by atoms with Gasteiger partial charge in [0.05, 0.1) is 33.2 Å². The summed E-state index contributed by atoms with van der Waals surface area (Å²) < 4.78 is 11.8. The summed E-state index contributed by atoms with van der Waals surface area (Å²) >= 11 is 7.95. The molecule has 4 aromatic rings. The number of fused-ring (bicyclic) bond motifs is 1. The van der Waals surface area contributed by atoms with Crippen LogP contribution in [0.5, 0.6) is 11.5 Å². The molecule has 12 heteroatoms. The van der Waals surface area contributed by atoms with Crippen molar-refractivity contribution in [2.24, 2.45) is 0 Å². The molecule has 0 saturated carbocycles. The van der Waals surface area contributed by atoms with Gasteiger partial charge in [-0.1, -0.05) is 17.7 Å². The number of aromatic nitrogens is 3. The zero-order chi connectivity index (χ0) is 26.2. The van der Waals surface area contributed by atoms with E-state index in [-0.39, 0.29) is 19.6 Å². The number of carbonyl (C=O) groups is 1. The Morgan fingerprint density at radius 2 is 2.03 bits per heavy atom. The van der Waals surface area contributed by atoms with Crippen LogP contribution in [0.1, 0.15) is 19.0 Å². The van der Waals surface area contributed by atoms with E-state index in [0.717, 1.165) is 5.69 Å². The second-order valence-corrected chi connectivity index (χ2v) is 9.29.